The zero-order valence-electron chi connectivity index (χ0n) is 12.6. The van der Waals surface area contributed by atoms with Crippen LogP contribution in [-0.4, -0.2) is 18.2 Å². The van der Waals surface area contributed by atoms with E-state index in [-0.39, 0.29) is 0 Å². The van der Waals surface area contributed by atoms with Gasteiger partial charge in [0.15, 0.2) is 0 Å². The lowest BCUT2D eigenvalue weighted by Gasteiger charge is -2.19. The van der Waals surface area contributed by atoms with Gasteiger partial charge in [-0.05, 0) is 59.1 Å². The van der Waals surface area contributed by atoms with Crippen LogP contribution in [0.15, 0.2) is 40.9 Å². The molecule has 0 bridgehead atoms. The van der Waals surface area contributed by atoms with Gasteiger partial charge in [-0.2, -0.15) is 0 Å². The number of halogens is 1. The minimum absolute atomic E-state index is 0.536. The number of carbonyl (C=O) groups is 1. The monoisotopic (exact) mass is 364 g/mol. The van der Waals surface area contributed by atoms with Crippen LogP contribution in [0.5, 0.6) is 11.5 Å². The molecule has 4 nitrogen and oxygen atoms in total. The lowest BCUT2D eigenvalue weighted by molar-refractivity contribution is -0.145. The van der Waals surface area contributed by atoms with Crippen LogP contribution < -0.4 is 9.47 Å². The van der Waals surface area contributed by atoms with E-state index in [0.717, 1.165) is 15.6 Å². The van der Waals surface area contributed by atoms with E-state index in [2.05, 4.69) is 15.9 Å². The highest BCUT2D eigenvalue weighted by Crippen LogP contribution is 2.34. The van der Waals surface area contributed by atoms with Gasteiger partial charge in [0.25, 0.3) is 0 Å². The van der Waals surface area contributed by atoms with Crippen LogP contribution in [0.1, 0.15) is 22.8 Å². The second kappa shape index (κ2) is 6.83. The molecule has 2 aromatic rings. The van der Waals surface area contributed by atoms with Crippen LogP contribution in [-0.2, 0) is 4.79 Å². The molecular weight excluding hydrogens is 348 g/mol. The molecule has 0 fully saturated rings. The van der Waals surface area contributed by atoms with E-state index in [4.69, 9.17) is 9.47 Å². The summed E-state index contributed by atoms with van der Waals surface area (Å²) < 4.78 is 11.6. The average Bonchev–Trinajstić information content (AvgIpc) is 2.46. The second-order valence-electron chi connectivity index (χ2n) is 5.00. The molecule has 0 saturated heterocycles. The normalized spacial score (nSPS) is 11.8. The number of ether oxygens (including phenoxy) is 2. The number of aliphatic carboxylic acids is 1. The molecule has 0 aromatic heterocycles. The van der Waals surface area contributed by atoms with Crippen molar-refractivity contribution in [2.45, 2.75) is 20.0 Å². The molecular formula is C17H17BrO4. The molecule has 2 aromatic carbocycles. The van der Waals surface area contributed by atoms with Crippen molar-refractivity contribution in [1.82, 2.24) is 0 Å². The summed E-state index contributed by atoms with van der Waals surface area (Å²) >= 11 is 3.43. The first-order chi connectivity index (χ1) is 10.4. The first-order valence-electron chi connectivity index (χ1n) is 6.72. The zero-order valence-corrected chi connectivity index (χ0v) is 14.2. The van der Waals surface area contributed by atoms with Gasteiger partial charge < -0.3 is 14.6 Å². The SMILES string of the molecule is COc1ccc(C(Oc2c(C)cc(C)cc2Br)C(=O)O)cc1. The van der Waals surface area contributed by atoms with Gasteiger partial charge in [0.1, 0.15) is 11.5 Å². The topological polar surface area (TPSA) is 55.8 Å². The number of benzene rings is 2. The summed E-state index contributed by atoms with van der Waals surface area (Å²) in [5.74, 6) is 0.159. The molecule has 1 atom stereocenters. The summed E-state index contributed by atoms with van der Waals surface area (Å²) in [6.07, 6.45) is -1.08. The van der Waals surface area contributed by atoms with Gasteiger partial charge in [0.05, 0.1) is 11.6 Å². The number of carboxylic acid groups (broad SMARTS) is 1. The maximum Gasteiger partial charge on any atom is 0.349 e. The number of hydrogen-bond donors (Lipinski definition) is 1. The fraction of sp³-hybridized carbons (Fsp3) is 0.235. The second-order valence-corrected chi connectivity index (χ2v) is 5.86. The minimum atomic E-state index is -1.08. The molecule has 0 radical (unpaired) electrons. The van der Waals surface area contributed by atoms with Crippen LogP contribution in [0, 0.1) is 13.8 Å². The van der Waals surface area contributed by atoms with Crippen LogP contribution in [0.4, 0.5) is 0 Å². The molecule has 5 heteroatoms. The summed E-state index contributed by atoms with van der Waals surface area (Å²) in [5.41, 5.74) is 2.51. The van der Waals surface area contributed by atoms with Crippen molar-refractivity contribution in [2.24, 2.45) is 0 Å². The van der Waals surface area contributed by atoms with Gasteiger partial charge in [-0.15, -0.1) is 0 Å². The van der Waals surface area contributed by atoms with E-state index in [1.54, 1.807) is 31.4 Å². The third-order valence-electron chi connectivity index (χ3n) is 3.25. The lowest BCUT2D eigenvalue weighted by atomic mass is 10.1. The average molecular weight is 365 g/mol. The Morgan fingerprint density at radius 2 is 1.82 bits per heavy atom. The Morgan fingerprint density at radius 1 is 1.18 bits per heavy atom. The summed E-state index contributed by atoms with van der Waals surface area (Å²) in [6, 6.07) is 10.7. The van der Waals surface area contributed by atoms with E-state index >= 15 is 0 Å². The molecule has 0 saturated carbocycles. The van der Waals surface area contributed by atoms with Crippen molar-refractivity contribution < 1.29 is 19.4 Å². The number of carboxylic acids is 1. The first kappa shape index (κ1) is 16.4. The van der Waals surface area contributed by atoms with Crippen molar-refractivity contribution in [3.8, 4) is 11.5 Å². The Bertz CT molecular complexity index is 657. The number of hydrogen-bond acceptors (Lipinski definition) is 3. The van der Waals surface area contributed by atoms with Gasteiger partial charge in [0.2, 0.25) is 6.10 Å². The molecule has 0 spiro atoms. The molecule has 0 aliphatic rings. The maximum atomic E-state index is 11.6. The van der Waals surface area contributed by atoms with E-state index in [1.807, 2.05) is 26.0 Å². The standard InChI is InChI=1S/C17H17BrO4/c1-10-8-11(2)15(14(18)9-10)22-16(17(19)20)12-4-6-13(21-3)7-5-12/h4-9,16H,1-3H3,(H,19,20). The third-order valence-corrected chi connectivity index (χ3v) is 3.84. The molecule has 22 heavy (non-hydrogen) atoms. The Hall–Kier alpha value is -2.01. The predicted molar refractivity (Wildman–Crippen MR) is 87.6 cm³/mol. The Morgan fingerprint density at radius 3 is 2.32 bits per heavy atom. The van der Waals surface area contributed by atoms with Gasteiger partial charge in [-0.1, -0.05) is 18.2 Å². The molecule has 116 valence electrons. The smallest absolute Gasteiger partial charge is 0.349 e. The molecule has 1 unspecified atom stereocenters. The van der Waals surface area contributed by atoms with E-state index in [1.165, 1.54) is 0 Å². The fourth-order valence-electron chi connectivity index (χ4n) is 2.21. The quantitative estimate of drug-likeness (QED) is 0.859. The number of rotatable bonds is 5. The summed E-state index contributed by atoms with van der Waals surface area (Å²) in [6.45, 7) is 3.86. The van der Waals surface area contributed by atoms with Gasteiger partial charge in [-0.25, -0.2) is 4.79 Å². The van der Waals surface area contributed by atoms with Crippen molar-refractivity contribution in [3.05, 3.63) is 57.6 Å². The number of aryl methyl sites for hydroxylation is 2. The predicted octanol–water partition coefficient (Wildman–Crippen LogP) is 4.28. The fourth-order valence-corrected chi connectivity index (χ4v) is 2.98. The lowest BCUT2D eigenvalue weighted by Crippen LogP contribution is -2.18. The molecule has 0 aliphatic heterocycles. The largest absolute Gasteiger partial charge is 0.497 e. The highest BCUT2D eigenvalue weighted by Gasteiger charge is 2.24. The van der Waals surface area contributed by atoms with Crippen LogP contribution in [0.3, 0.4) is 0 Å². The van der Waals surface area contributed by atoms with Crippen LogP contribution in [0.25, 0.3) is 0 Å². The van der Waals surface area contributed by atoms with Gasteiger partial charge in [0, 0.05) is 5.56 Å². The molecule has 2 rings (SSSR count). The number of methoxy groups -OCH3 is 1. The van der Waals surface area contributed by atoms with Crippen molar-refractivity contribution >= 4 is 21.9 Å². The third kappa shape index (κ3) is 3.60. The molecule has 0 heterocycles. The van der Waals surface area contributed by atoms with Crippen molar-refractivity contribution in [2.75, 3.05) is 7.11 Å². The van der Waals surface area contributed by atoms with Crippen LogP contribution in [0.2, 0.25) is 0 Å². The summed E-state index contributed by atoms with van der Waals surface area (Å²) in [5, 5.41) is 9.48. The maximum absolute atomic E-state index is 11.6. The highest BCUT2D eigenvalue weighted by atomic mass is 79.9. The van der Waals surface area contributed by atoms with E-state index < -0.39 is 12.1 Å². The van der Waals surface area contributed by atoms with Crippen LogP contribution >= 0.6 is 15.9 Å². The summed E-state index contributed by atoms with van der Waals surface area (Å²) in [4.78, 5) is 11.6. The first-order valence-corrected chi connectivity index (χ1v) is 7.52. The van der Waals surface area contributed by atoms with Crippen molar-refractivity contribution in [3.63, 3.8) is 0 Å². The van der Waals surface area contributed by atoms with E-state index in [9.17, 15) is 9.90 Å². The van der Waals surface area contributed by atoms with E-state index in [0.29, 0.717) is 17.1 Å². The van der Waals surface area contributed by atoms with Gasteiger partial charge >= 0.3 is 5.97 Å². The Labute approximate surface area is 137 Å². The molecule has 1 N–H and O–H groups in total. The Balaban J connectivity index is 2.35. The molecule has 0 amide bonds. The molecule has 0 aliphatic carbocycles. The summed E-state index contributed by atoms with van der Waals surface area (Å²) in [7, 11) is 1.56. The zero-order chi connectivity index (χ0) is 16.3. The van der Waals surface area contributed by atoms with Crippen molar-refractivity contribution in [1.29, 1.82) is 0 Å². The van der Waals surface area contributed by atoms with Gasteiger partial charge in [-0.3, -0.25) is 0 Å². The Kier molecular flexibility index (Phi) is 5.08. The minimum Gasteiger partial charge on any atom is -0.497 e. The highest BCUT2D eigenvalue weighted by molar-refractivity contribution is 9.10.